The number of amides is 1. The zero-order valence-electron chi connectivity index (χ0n) is 13.8. The van der Waals surface area contributed by atoms with Gasteiger partial charge in [0.2, 0.25) is 0 Å². The van der Waals surface area contributed by atoms with Gasteiger partial charge < -0.3 is 0 Å². The van der Waals surface area contributed by atoms with Gasteiger partial charge in [0.15, 0.2) is 0 Å². The van der Waals surface area contributed by atoms with E-state index >= 15 is 0 Å². The van der Waals surface area contributed by atoms with Crippen molar-refractivity contribution in [1.29, 1.82) is 0 Å². The lowest BCUT2D eigenvalue weighted by Gasteiger charge is -2.09. The van der Waals surface area contributed by atoms with Crippen LogP contribution in [-0.2, 0) is 12.7 Å². The van der Waals surface area contributed by atoms with E-state index in [-0.39, 0.29) is 5.56 Å². The van der Waals surface area contributed by atoms with Crippen LogP contribution in [0.5, 0.6) is 0 Å². The van der Waals surface area contributed by atoms with E-state index < -0.39 is 17.6 Å². The summed E-state index contributed by atoms with van der Waals surface area (Å²) in [7, 11) is 0. The Morgan fingerprint density at radius 3 is 2.62 bits per heavy atom. The first-order valence-electron chi connectivity index (χ1n) is 8.07. The van der Waals surface area contributed by atoms with Gasteiger partial charge in [0.1, 0.15) is 0 Å². The summed E-state index contributed by atoms with van der Waals surface area (Å²) in [6.07, 6.45) is -4.49. The highest BCUT2D eigenvalue weighted by molar-refractivity contribution is 5.95. The summed E-state index contributed by atoms with van der Waals surface area (Å²) in [5.41, 5.74) is 5.38. The maximum atomic E-state index is 12.8. The summed E-state index contributed by atoms with van der Waals surface area (Å²) in [4.78, 5) is 12.1. The number of nitrogens with one attached hydrogen (secondary N) is 3. The molecule has 0 bridgehead atoms. The molecule has 0 atom stereocenters. The molecular weight excluding hydrogens is 345 g/mol. The zero-order valence-corrected chi connectivity index (χ0v) is 13.8. The summed E-state index contributed by atoms with van der Waals surface area (Å²) in [6, 6.07) is 14.1. The Balaban J connectivity index is 1.66. The molecule has 2 aromatic rings. The van der Waals surface area contributed by atoms with Crippen molar-refractivity contribution >= 4 is 11.9 Å². The molecule has 0 saturated heterocycles. The molecule has 1 heterocycles. The molecule has 1 aliphatic rings. The maximum absolute atomic E-state index is 12.8. The van der Waals surface area contributed by atoms with Gasteiger partial charge in [-0.2, -0.15) is 18.6 Å². The first kappa shape index (κ1) is 17.8. The van der Waals surface area contributed by atoms with E-state index in [9.17, 15) is 18.0 Å². The van der Waals surface area contributed by atoms with Gasteiger partial charge in [0.25, 0.3) is 5.91 Å². The average Bonchev–Trinajstić information content (AvgIpc) is 3.07. The summed E-state index contributed by atoms with van der Waals surface area (Å²) in [5.74, 6) is -0.0360. The highest BCUT2D eigenvalue weighted by Crippen LogP contribution is 2.29. The van der Waals surface area contributed by atoms with E-state index in [1.165, 1.54) is 12.1 Å². The molecule has 3 rings (SSSR count). The average molecular weight is 363 g/mol. The van der Waals surface area contributed by atoms with Crippen molar-refractivity contribution in [2.75, 3.05) is 13.1 Å². The van der Waals surface area contributed by atoms with Gasteiger partial charge >= 0.3 is 12.1 Å². The van der Waals surface area contributed by atoms with Crippen molar-refractivity contribution in [3.63, 3.8) is 0 Å². The van der Waals surface area contributed by atoms with Crippen molar-refractivity contribution in [2.24, 2.45) is 0 Å². The van der Waals surface area contributed by atoms with Crippen molar-refractivity contribution in [3.05, 3.63) is 71.3 Å². The molecule has 3 N–H and O–H groups in total. The molecule has 0 fully saturated rings. The molecule has 0 saturated carbocycles. The minimum absolute atomic E-state index is 0.0690. The number of carbonyl (C=O) groups is 1. The monoisotopic (exact) mass is 363 g/mol. The highest BCUT2D eigenvalue weighted by atomic mass is 19.4. The number of hydrazine groups is 1. The minimum Gasteiger partial charge on any atom is -0.273 e. The summed E-state index contributed by atoms with van der Waals surface area (Å²) in [5, 5.41) is 3.11. The van der Waals surface area contributed by atoms with Gasteiger partial charge in [-0.1, -0.05) is 36.4 Å². The second-order valence-corrected chi connectivity index (χ2v) is 5.84. The van der Waals surface area contributed by atoms with Crippen LogP contribution < -0.4 is 16.2 Å². The second-order valence-electron chi connectivity index (χ2n) is 5.84. The third-order valence-corrected chi connectivity index (χ3v) is 3.95. The maximum Gasteiger partial charge on any atom is 0.416 e. The number of nitrogens with zero attached hydrogens (tertiary/aromatic N) is 1. The van der Waals surface area contributed by atoms with E-state index in [0.717, 1.165) is 24.2 Å². The van der Waals surface area contributed by atoms with Crippen molar-refractivity contribution in [2.45, 2.75) is 12.7 Å². The largest absolute Gasteiger partial charge is 0.416 e. The minimum atomic E-state index is -4.49. The number of hydrogen-bond donors (Lipinski definition) is 3. The third-order valence-electron chi connectivity index (χ3n) is 3.95. The third kappa shape index (κ3) is 4.33. The molecule has 26 heavy (non-hydrogen) atoms. The van der Waals surface area contributed by atoms with Gasteiger partial charge in [-0.05, 0) is 23.8 Å². The van der Waals surface area contributed by atoms with Gasteiger partial charge in [0, 0.05) is 5.56 Å². The Hall–Kier alpha value is -3.03. The molecule has 5 nitrogen and oxygen atoms in total. The normalized spacial score (nSPS) is 14.1. The number of guanidine groups is 1. The molecule has 0 unspecified atom stereocenters. The van der Waals surface area contributed by atoms with Crippen LogP contribution in [0.2, 0.25) is 0 Å². The lowest BCUT2D eigenvalue weighted by Crippen LogP contribution is -2.48. The molecule has 0 aromatic heterocycles. The summed E-state index contributed by atoms with van der Waals surface area (Å²) < 4.78 is 40.3. The predicted octanol–water partition coefficient (Wildman–Crippen LogP) is 2.11. The van der Waals surface area contributed by atoms with Crippen LogP contribution in [-0.4, -0.2) is 29.5 Å². The summed E-state index contributed by atoms with van der Waals surface area (Å²) >= 11 is 0. The van der Waals surface area contributed by atoms with E-state index in [0.29, 0.717) is 19.0 Å². The Labute approximate surface area is 148 Å². The van der Waals surface area contributed by atoms with Crippen LogP contribution in [0.15, 0.2) is 54.6 Å². The Bertz CT molecular complexity index is 819. The van der Waals surface area contributed by atoms with Gasteiger partial charge in [-0.15, -0.1) is 0 Å². The SMILES string of the molecule is O=C(NNC1=[N+](Cc2ccccc2)CCN1)c1cccc(C(F)(F)F)c1. The number of rotatable bonds is 3. The van der Waals surface area contributed by atoms with E-state index in [1.54, 1.807) is 0 Å². The van der Waals surface area contributed by atoms with Crippen molar-refractivity contribution in [1.82, 2.24) is 16.2 Å². The Kier molecular flexibility index (Phi) is 5.11. The first-order valence-corrected chi connectivity index (χ1v) is 8.07. The van der Waals surface area contributed by atoms with Crippen molar-refractivity contribution < 1.29 is 22.5 Å². The second kappa shape index (κ2) is 7.47. The number of halogens is 3. The van der Waals surface area contributed by atoms with Crippen LogP contribution >= 0.6 is 0 Å². The Morgan fingerprint density at radius 2 is 1.88 bits per heavy atom. The van der Waals surface area contributed by atoms with Crippen LogP contribution in [0, 0.1) is 0 Å². The fourth-order valence-electron chi connectivity index (χ4n) is 2.64. The lowest BCUT2D eigenvalue weighted by molar-refractivity contribution is -0.536. The van der Waals surface area contributed by atoms with E-state index in [1.807, 2.05) is 34.9 Å². The molecule has 0 aliphatic carbocycles. The zero-order chi connectivity index (χ0) is 18.6. The molecule has 1 aliphatic heterocycles. The summed E-state index contributed by atoms with van der Waals surface area (Å²) in [6.45, 7) is 2.10. The number of benzene rings is 2. The molecule has 136 valence electrons. The van der Waals surface area contributed by atoms with Crippen molar-refractivity contribution in [3.8, 4) is 0 Å². The Morgan fingerprint density at radius 1 is 1.12 bits per heavy atom. The number of hydrogen-bond acceptors (Lipinski definition) is 3. The predicted molar refractivity (Wildman–Crippen MR) is 90.3 cm³/mol. The molecule has 0 spiro atoms. The van der Waals surface area contributed by atoms with E-state index in [2.05, 4.69) is 16.2 Å². The number of alkyl halides is 3. The topological polar surface area (TPSA) is 56.2 Å². The molecule has 8 heteroatoms. The molecule has 0 radical (unpaired) electrons. The van der Waals surface area contributed by atoms with Crippen LogP contribution in [0.1, 0.15) is 21.5 Å². The van der Waals surface area contributed by atoms with Gasteiger partial charge in [-0.3, -0.25) is 14.7 Å². The standard InChI is InChI=1S/C18H17F3N4O/c19-18(20,21)15-8-4-7-14(11-15)16(26)23-24-17-22-9-10-25(17)12-13-5-2-1-3-6-13/h1-8,11H,9-10,12H2,(H2,22,23,24,26)/p+1. The molecule has 1 amide bonds. The van der Waals surface area contributed by atoms with Gasteiger partial charge in [0.05, 0.1) is 25.2 Å². The van der Waals surface area contributed by atoms with Crippen LogP contribution in [0.4, 0.5) is 13.2 Å². The highest BCUT2D eigenvalue weighted by Gasteiger charge is 2.31. The molecule has 2 aromatic carbocycles. The quantitative estimate of drug-likeness (QED) is 0.578. The van der Waals surface area contributed by atoms with Gasteiger partial charge in [-0.25, -0.2) is 5.43 Å². The fourth-order valence-corrected chi connectivity index (χ4v) is 2.64. The number of carbonyl (C=O) groups excluding carboxylic acids is 1. The van der Waals surface area contributed by atoms with Crippen LogP contribution in [0.25, 0.3) is 0 Å². The fraction of sp³-hybridized carbons (Fsp3) is 0.222. The van der Waals surface area contributed by atoms with E-state index in [4.69, 9.17) is 0 Å². The molecular formula is C18H18F3N4O+. The van der Waals surface area contributed by atoms with Crippen LogP contribution in [0.3, 0.4) is 0 Å². The smallest absolute Gasteiger partial charge is 0.273 e. The lowest BCUT2D eigenvalue weighted by atomic mass is 10.1. The first-order chi connectivity index (χ1) is 12.4.